The Hall–Kier alpha value is -2.69. The van der Waals surface area contributed by atoms with Crippen LogP contribution in [-0.2, 0) is 17.4 Å². The van der Waals surface area contributed by atoms with Gasteiger partial charge in [0.2, 0.25) is 0 Å². The highest BCUT2D eigenvalue weighted by Crippen LogP contribution is 2.29. The molecule has 120 valence electrons. The maximum atomic E-state index is 12.5. The maximum absolute atomic E-state index is 12.5. The summed E-state index contributed by atoms with van der Waals surface area (Å²) >= 11 is 0. The molecule has 0 spiro atoms. The summed E-state index contributed by atoms with van der Waals surface area (Å²) in [5.41, 5.74) is 0.156. The summed E-state index contributed by atoms with van der Waals surface area (Å²) < 4.78 is 42.5. The number of pyridine rings is 1. The van der Waals surface area contributed by atoms with Crippen LogP contribution in [0.4, 0.5) is 13.2 Å². The lowest BCUT2D eigenvalue weighted by Crippen LogP contribution is -2.16. The van der Waals surface area contributed by atoms with Crippen molar-refractivity contribution in [1.29, 1.82) is 5.26 Å². The van der Waals surface area contributed by atoms with Crippen LogP contribution in [0.2, 0.25) is 0 Å². The molecular weight excluding hydrogens is 311 g/mol. The largest absolute Gasteiger partial charge is 0.417 e. The number of nitrogens with zero attached hydrogens (tertiary/aromatic N) is 3. The van der Waals surface area contributed by atoms with Gasteiger partial charge in [0.1, 0.15) is 11.7 Å². The quantitative estimate of drug-likeness (QED) is 0.863. The van der Waals surface area contributed by atoms with Gasteiger partial charge < -0.3 is 4.52 Å². The summed E-state index contributed by atoms with van der Waals surface area (Å²) in [6.07, 6.45) is -4.00. The number of aryl methyl sites for hydroxylation is 2. The van der Waals surface area contributed by atoms with Crippen molar-refractivity contribution >= 4 is 5.78 Å². The van der Waals surface area contributed by atoms with Gasteiger partial charge in [-0.3, -0.25) is 9.78 Å². The normalized spacial score (nSPS) is 12.7. The molecular formula is C15H12F3N3O2. The summed E-state index contributed by atoms with van der Waals surface area (Å²) in [7, 11) is 0. The first-order valence-electron chi connectivity index (χ1n) is 6.61. The minimum atomic E-state index is -4.52. The highest BCUT2D eigenvalue weighted by atomic mass is 19.4. The van der Waals surface area contributed by atoms with E-state index in [1.54, 1.807) is 19.9 Å². The van der Waals surface area contributed by atoms with Gasteiger partial charge in [-0.05, 0) is 26.0 Å². The number of hydrogen-bond acceptors (Lipinski definition) is 5. The molecule has 2 aromatic rings. The van der Waals surface area contributed by atoms with E-state index < -0.39 is 23.4 Å². The van der Waals surface area contributed by atoms with Crippen LogP contribution in [0, 0.1) is 25.2 Å². The molecule has 2 rings (SSSR count). The minimum absolute atomic E-state index is 0.0164. The second kappa shape index (κ2) is 6.20. The van der Waals surface area contributed by atoms with Crippen LogP contribution in [0.25, 0.3) is 0 Å². The predicted molar refractivity (Wildman–Crippen MR) is 72.3 cm³/mol. The first kappa shape index (κ1) is 16.7. The molecule has 0 aliphatic heterocycles. The second-order valence-electron chi connectivity index (χ2n) is 4.98. The summed E-state index contributed by atoms with van der Waals surface area (Å²) in [6, 6.07) is 3.63. The lowest BCUT2D eigenvalue weighted by molar-refractivity contribution is -0.137. The second-order valence-corrected chi connectivity index (χ2v) is 4.98. The van der Waals surface area contributed by atoms with Gasteiger partial charge in [-0.15, -0.1) is 0 Å². The van der Waals surface area contributed by atoms with E-state index in [0.717, 1.165) is 12.1 Å². The molecule has 0 radical (unpaired) electrons. The first-order chi connectivity index (χ1) is 10.7. The van der Waals surface area contributed by atoms with Gasteiger partial charge in [0.15, 0.2) is 5.78 Å². The molecule has 0 unspecified atom stereocenters. The molecule has 0 fully saturated rings. The fourth-order valence-corrected chi connectivity index (χ4v) is 2.08. The van der Waals surface area contributed by atoms with Crippen molar-refractivity contribution in [2.24, 2.45) is 0 Å². The van der Waals surface area contributed by atoms with Crippen LogP contribution in [0.15, 0.2) is 22.9 Å². The number of rotatable bonds is 4. The van der Waals surface area contributed by atoms with E-state index in [-0.39, 0.29) is 12.1 Å². The molecule has 0 amide bonds. The van der Waals surface area contributed by atoms with Crippen molar-refractivity contribution < 1.29 is 22.5 Å². The van der Waals surface area contributed by atoms with E-state index in [4.69, 9.17) is 4.52 Å². The van der Waals surface area contributed by atoms with Crippen molar-refractivity contribution in [3.8, 4) is 6.07 Å². The zero-order valence-electron chi connectivity index (χ0n) is 12.3. The lowest BCUT2D eigenvalue weighted by atomic mass is 9.95. The summed E-state index contributed by atoms with van der Waals surface area (Å²) in [5.74, 6) is -1.26. The summed E-state index contributed by atoms with van der Waals surface area (Å²) in [4.78, 5) is 15.9. The van der Waals surface area contributed by atoms with Crippen molar-refractivity contribution in [3.05, 3.63) is 46.6 Å². The smallest absolute Gasteiger partial charge is 0.361 e. The highest BCUT2D eigenvalue weighted by molar-refractivity contribution is 5.90. The van der Waals surface area contributed by atoms with E-state index in [1.165, 1.54) is 0 Å². The first-order valence-corrected chi connectivity index (χ1v) is 6.61. The number of halogens is 3. The van der Waals surface area contributed by atoms with Gasteiger partial charge in [0.05, 0.1) is 23.0 Å². The van der Waals surface area contributed by atoms with Gasteiger partial charge in [-0.25, -0.2) is 0 Å². The minimum Gasteiger partial charge on any atom is -0.361 e. The van der Waals surface area contributed by atoms with Crippen molar-refractivity contribution in [3.63, 3.8) is 0 Å². The molecule has 0 N–H and O–H groups in total. The fourth-order valence-electron chi connectivity index (χ4n) is 2.08. The Morgan fingerprint density at radius 2 is 2.09 bits per heavy atom. The SMILES string of the molecule is Cc1noc(C)c1CC(=O)[C@H](C#N)c1ccc(C(F)(F)F)cn1. The Balaban J connectivity index is 2.23. The third kappa shape index (κ3) is 3.56. The van der Waals surface area contributed by atoms with E-state index in [9.17, 15) is 23.2 Å². The van der Waals surface area contributed by atoms with Crippen LogP contribution in [0.5, 0.6) is 0 Å². The van der Waals surface area contributed by atoms with Crippen LogP contribution >= 0.6 is 0 Å². The number of alkyl halides is 3. The predicted octanol–water partition coefficient (Wildman–Crippen LogP) is 3.12. The number of ketones is 1. The summed E-state index contributed by atoms with van der Waals surface area (Å²) in [6.45, 7) is 3.30. The average molecular weight is 323 g/mol. The highest BCUT2D eigenvalue weighted by Gasteiger charge is 2.31. The molecule has 1 atom stereocenters. The third-order valence-corrected chi connectivity index (χ3v) is 3.39. The maximum Gasteiger partial charge on any atom is 0.417 e. The molecule has 5 nitrogen and oxygen atoms in total. The Labute approximate surface area is 129 Å². The number of hydrogen-bond donors (Lipinski definition) is 0. The molecule has 23 heavy (non-hydrogen) atoms. The van der Waals surface area contributed by atoms with E-state index in [2.05, 4.69) is 10.1 Å². The van der Waals surface area contributed by atoms with Gasteiger partial charge in [0, 0.05) is 18.2 Å². The van der Waals surface area contributed by atoms with Crippen LogP contribution in [-0.4, -0.2) is 15.9 Å². The van der Waals surface area contributed by atoms with Crippen molar-refractivity contribution in [2.45, 2.75) is 32.4 Å². The Bertz CT molecular complexity index is 738. The molecule has 0 aliphatic rings. The number of aromatic nitrogens is 2. The molecule has 0 aliphatic carbocycles. The number of nitriles is 1. The average Bonchev–Trinajstić information content (AvgIpc) is 2.79. The molecule has 2 heterocycles. The molecule has 0 saturated carbocycles. The zero-order valence-corrected chi connectivity index (χ0v) is 12.3. The molecule has 0 bridgehead atoms. The van der Waals surface area contributed by atoms with Crippen molar-refractivity contribution in [2.75, 3.05) is 0 Å². The molecule has 0 saturated heterocycles. The molecule has 2 aromatic heterocycles. The van der Waals surface area contributed by atoms with E-state index in [1.807, 2.05) is 0 Å². The Kier molecular flexibility index (Phi) is 4.50. The van der Waals surface area contributed by atoms with Gasteiger partial charge in [-0.2, -0.15) is 18.4 Å². The Morgan fingerprint density at radius 3 is 2.52 bits per heavy atom. The number of carbonyl (C=O) groups excluding carboxylic acids is 1. The van der Waals surface area contributed by atoms with Gasteiger partial charge >= 0.3 is 6.18 Å². The van der Waals surface area contributed by atoms with E-state index >= 15 is 0 Å². The van der Waals surface area contributed by atoms with Crippen LogP contribution in [0.1, 0.15) is 34.2 Å². The van der Waals surface area contributed by atoms with Gasteiger partial charge in [0.25, 0.3) is 0 Å². The lowest BCUT2D eigenvalue weighted by Gasteiger charge is -2.10. The third-order valence-electron chi connectivity index (χ3n) is 3.39. The zero-order chi connectivity index (χ0) is 17.2. The topological polar surface area (TPSA) is 79.8 Å². The molecule has 8 heteroatoms. The Morgan fingerprint density at radius 1 is 1.39 bits per heavy atom. The van der Waals surface area contributed by atoms with Crippen LogP contribution in [0.3, 0.4) is 0 Å². The standard InChI is InChI=1S/C15H12F3N3O2/c1-8-11(9(2)23-21-8)5-14(22)12(6-19)13-4-3-10(7-20-13)15(16,17)18/h3-4,7,12H,5H2,1-2H3/t12-/m1/s1. The number of Topliss-reactive ketones (excluding diaryl/α,β-unsaturated/α-hetero) is 1. The fraction of sp³-hybridized carbons (Fsp3) is 0.333. The monoisotopic (exact) mass is 323 g/mol. The van der Waals surface area contributed by atoms with Crippen molar-refractivity contribution in [1.82, 2.24) is 10.1 Å². The number of carbonyl (C=O) groups is 1. The van der Waals surface area contributed by atoms with Gasteiger partial charge in [-0.1, -0.05) is 5.16 Å². The molecule has 0 aromatic carbocycles. The van der Waals surface area contributed by atoms with E-state index in [0.29, 0.717) is 23.2 Å². The van der Waals surface area contributed by atoms with Crippen LogP contribution < -0.4 is 0 Å². The summed E-state index contributed by atoms with van der Waals surface area (Å²) in [5, 5.41) is 12.9.